The number of aromatic hydroxyl groups is 1. The molecule has 0 aliphatic heterocycles. The number of benzene rings is 1. The van der Waals surface area contributed by atoms with E-state index < -0.39 is 5.82 Å². The largest absolute Gasteiger partial charge is 0.505 e. The molecule has 0 bridgehead atoms. The molecule has 1 atom stereocenters. The van der Waals surface area contributed by atoms with E-state index in [1.165, 1.54) is 17.0 Å². The molecule has 0 aliphatic carbocycles. The van der Waals surface area contributed by atoms with E-state index >= 15 is 0 Å². The average molecular weight is 294 g/mol. The predicted octanol–water partition coefficient (Wildman–Crippen LogP) is 4.02. The summed E-state index contributed by atoms with van der Waals surface area (Å²) in [4.78, 5) is 5.68. The molecular formula is C15H19FN2OS. The van der Waals surface area contributed by atoms with Crippen LogP contribution in [0.1, 0.15) is 36.9 Å². The van der Waals surface area contributed by atoms with Crippen molar-refractivity contribution in [2.45, 2.75) is 33.2 Å². The molecule has 2 rings (SSSR count). The van der Waals surface area contributed by atoms with E-state index in [4.69, 9.17) is 0 Å². The molecule has 1 heterocycles. The van der Waals surface area contributed by atoms with Crippen LogP contribution in [0, 0.1) is 12.7 Å². The molecule has 0 aliphatic rings. The first kappa shape index (κ1) is 14.9. The molecule has 2 aromatic rings. The van der Waals surface area contributed by atoms with Crippen molar-refractivity contribution >= 4 is 11.3 Å². The third-order valence-electron chi connectivity index (χ3n) is 3.12. The van der Waals surface area contributed by atoms with Gasteiger partial charge in [-0.15, -0.1) is 11.3 Å². The zero-order chi connectivity index (χ0) is 14.7. The van der Waals surface area contributed by atoms with E-state index in [0.717, 1.165) is 23.7 Å². The number of nitrogens with one attached hydrogen (secondary N) is 1. The van der Waals surface area contributed by atoms with Crippen molar-refractivity contribution in [3.05, 3.63) is 34.6 Å². The predicted molar refractivity (Wildman–Crippen MR) is 80.6 cm³/mol. The highest BCUT2D eigenvalue weighted by Gasteiger charge is 2.15. The van der Waals surface area contributed by atoms with Crippen LogP contribution < -0.4 is 5.32 Å². The summed E-state index contributed by atoms with van der Waals surface area (Å²) in [6.07, 6.45) is 1.08. The van der Waals surface area contributed by atoms with Crippen LogP contribution in [0.3, 0.4) is 0 Å². The minimum Gasteiger partial charge on any atom is -0.505 e. The second-order valence-electron chi connectivity index (χ2n) is 4.81. The normalized spacial score (nSPS) is 12.6. The monoisotopic (exact) mass is 294 g/mol. The number of hydrogen-bond donors (Lipinski definition) is 2. The molecule has 20 heavy (non-hydrogen) atoms. The van der Waals surface area contributed by atoms with E-state index in [2.05, 4.69) is 24.1 Å². The van der Waals surface area contributed by atoms with Crippen molar-refractivity contribution in [1.82, 2.24) is 10.3 Å². The van der Waals surface area contributed by atoms with Crippen LogP contribution in [0.5, 0.6) is 5.75 Å². The molecule has 5 heteroatoms. The summed E-state index contributed by atoms with van der Waals surface area (Å²) in [5.41, 5.74) is 1.66. The molecule has 1 unspecified atom stereocenters. The quantitative estimate of drug-likeness (QED) is 0.875. The fraction of sp³-hybridized carbons (Fsp3) is 0.400. The van der Waals surface area contributed by atoms with Crippen LogP contribution in [0.15, 0.2) is 18.2 Å². The zero-order valence-corrected chi connectivity index (χ0v) is 12.7. The maximum atomic E-state index is 13.4. The highest BCUT2D eigenvalue weighted by molar-refractivity contribution is 7.15. The average Bonchev–Trinajstić information content (AvgIpc) is 2.81. The van der Waals surface area contributed by atoms with Gasteiger partial charge < -0.3 is 10.4 Å². The molecule has 0 saturated carbocycles. The Bertz CT molecular complexity index is 598. The first-order valence-electron chi connectivity index (χ1n) is 6.72. The Labute approximate surface area is 122 Å². The number of nitrogens with zero attached hydrogens (tertiary/aromatic N) is 1. The Hall–Kier alpha value is -1.46. The van der Waals surface area contributed by atoms with E-state index in [-0.39, 0.29) is 11.8 Å². The second-order valence-corrected chi connectivity index (χ2v) is 5.84. The highest BCUT2D eigenvalue weighted by atomic mass is 32.1. The summed E-state index contributed by atoms with van der Waals surface area (Å²) in [5, 5.41) is 13.4. The Kier molecular flexibility index (Phi) is 4.73. The van der Waals surface area contributed by atoms with Crippen molar-refractivity contribution in [1.29, 1.82) is 0 Å². The van der Waals surface area contributed by atoms with E-state index in [0.29, 0.717) is 5.56 Å². The number of thiazole rings is 1. The number of phenolic OH excluding ortho intramolecular Hbond substituents is 1. The summed E-state index contributed by atoms with van der Waals surface area (Å²) in [7, 11) is 0. The molecule has 0 spiro atoms. The van der Waals surface area contributed by atoms with Gasteiger partial charge in [-0.25, -0.2) is 9.37 Å². The van der Waals surface area contributed by atoms with Gasteiger partial charge in [0.1, 0.15) is 5.01 Å². The van der Waals surface area contributed by atoms with Crippen molar-refractivity contribution in [3.8, 4) is 16.3 Å². The lowest BCUT2D eigenvalue weighted by Crippen LogP contribution is -2.18. The third-order valence-corrected chi connectivity index (χ3v) is 4.51. The lowest BCUT2D eigenvalue weighted by atomic mass is 10.2. The van der Waals surface area contributed by atoms with E-state index in [1.54, 1.807) is 17.4 Å². The zero-order valence-electron chi connectivity index (χ0n) is 11.9. The summed E-state index contributed by atoms with van der Waals surface area (Å²) in [6, 6.07) is 4.61. The maximum absolute atomic E-state index is 13.4. The van der Waals surface area contributed by atoms with Crippen LogP contribution in [0.2, 0.25) is 0 Å². The van der Waals surface area contributed by atoms with Gasteiger partial charge in [-0.05, 0) is 45.0 Å². The fourth-order valence-corrected chi connectivity index (χ4v) is 3.12. The van der Waals surface area contributed by atoms with Gasteiger partial charge in [0, 0.05) is 16.5 Å². The lowest BCUT2D eigenvalue weighted by molar-refractivity contribution is 0.432. The topological polar surface area (TPSA) is 45.1 Å². The maximum Gasteiger partial charge on any atom is 0.165 e. The smallest absolute Gasteiger partial charge is 0.165 e. The minimum absolute atomic E-state index is 0.239. The van der Waals surface area contributed by atoms with Crippen molar-refractivity contribution in [3.63, 3.8) is 0 Å². The number of rotatable bonds is 5. The molecule has 108 valence electrons. The standard InChI is InChI=1S/C15H19FN2OS/c1-4-7-17-9(2)14-10(3)18-15(20-14)11-5-6-13(19)12(16)8-11/h5-6,8-9,17,19H,4,7H2,1-3H3. The third kappa shape index (κ3) is 3.16. The molecule has 3 nitrogen and oxygen atoms in total. The lowest BCUT2D eigenvalue weighted by Gasteiger charge is -2.11. The number of aromatic nitrogens is 1. The number of phenols is 1. The van der Waals surface area contributed by atoms with Gasteiger partial charge in [-0.3, -0.25) is 0 Å². The molecule has 1 aromatic carbocycles. The highest BCUT2D eigenvalue weighted by Crippen LogP contribution is 2.33. The van der Waals surface area contributed by atoms with Crippen molar-refractivity contribution < 1.29 is 9.50 Å². The van der Waals surface area contributed by atoms with E-state index in [1.807, 2.05) is 6.92 Å². The summed E-state index contributed by atoms with van der Waals surface area (Å²) in [6.45, 7) is 7.17. The van der Waals surface area contributed by atoms with Gasteiger partial charge in [0.25, 0.3) is 0 Å². The molecule has 0 fully saturated rings. The Morgan fingerprint density at radius 2 is 2.20 bits per heavy atom. The van der Waals surface area contributed by atoms with Crippen LogP contribution in [-0.2, 0) is 0 Å². The van der Waals surface area contributed by atoms with Crippen LogP contribution >= 0.6 is 11.3 Å². The number of halogens is 1. The molecule has 2 N–H and O–H groups in total. The second kappa shape index (κ2) is 6.33. The molecular weight excluding hydrogens is 275 g/mol. The Balaban J connectivity index is 2.28. The van der Waals surface area contributed by atoms with Gasteiger partial charge >= 0.3 is 0 Å². The summed E-state index contributed by atoms with van der Waals surface area (Å²) >= 11 is 1.56. The Morgan fingerprint density at radius 1 is 1.45 bits per heavy atom. The van der Waals surface area contributed by atoms with Crippen LogP contribution in [0.4, 0.5) is 4.39 Å². The van der Waals surface area contributed by atoms with Crippen LogP contribution in [-0.4, -0.2) is 16.6 Å². The Morgan fingerprint density at radius 3 is 2.85 bits per heavy atom. The van der Waals surface area contributed by atoms with E-state index in [9.17, 15) is 9.50 Å². The van der Waals surface area contributed by atoms with Gasteiger partial charge in [0.2, 0.25) is 0 Å². The van der Waals surface area contributed by atoms with Gasteiger partial charge in [-0.2, -0.15) is 0 Å². The number of hydrogen-bond acceptors (Lipinski definition) is 4. The fourth-order valence-electron chi connectivity index (χ4n) is 2.03. The molecule has 0 amide bonds. The summed E-state index contributed by atoms with van der Waals surface area (Å²) < 4.78 is 13.4. The van der Waals surface area contributed by atoms with Crippen molar-refractivity contribution in [2.24, 2.45) is 0 Å². The first-order valence-corrected chi connectivity index (χ1v) is 7.54. The van der Waals surface area contributed by atoms with Gasteiger partial charge in [0.05, 0.1) is 5.69 Å². The molecule has 0 radical (unpaired) electrons. The van der Waals surface area contributed by atoms with Gasteiger partial charge in [0.15, 0.2) is 11.6 Å². The molecule has 0 saturated heterocycles. The number of aryl methyl sites for hydroxylation is 1. The van der Waals surface area contributed by atoms with Crippen LogP contribution in [0.25, 0.3) is 10.6 Å². The SMILES string of the molecule is CCCNC(C)c1sc(-c2ccc(O)c(F)c2)nc1C. The summed E-state index contributed by atoms with van der Waals surface area (Å²) in [5.74, 6) is -0.950. The molecule has 1 aromatic heterocycles. The first-order chi connectivity index (χ1) is 9.52. The van der Waals surface area contributed by atoms with Gasteiger partial charge in [-0.1, -0.05) is 6.92 Å². The van der Waals surface area contributed by atoms with Crippen molar-refractivity contribution in [2.75, 3.05) is 6.54 Å². The minimum atomic E-state index is -0.617.